The van der Waals surface area contributed by atoms with Crippen LogP contribution < -0.4 is 0 Å². The maximum Gasteiger partial charge on any atom is 0.254 e. The first kappa shape index (κ1) is 19.8. The van der Waals surface area contributed by atoms with Gasteiger partial charge in [0.2, 0.25) is 0 Å². The monoisotopic (exact) mass is 383 g/mol. The van der Waals surface area contributed by atoms with Crippen molar-refractivity contribution in [3.63, 3.8) is 0 Å². The lowest BCUT2D eigenvalue weighted by Gasteiger charge is -2.34. The molecule has 2 aliphatic carbocycles. The predicted octanol–water partition coefficient (Wildman–Crippen LogP) is 6.15. The normalized spacial score (nSPS) is 27.0. The van der Waals surface area contributed by atoms with Crippen molar-refractivity contribution in [2.45, 2.75) is 84.1 Å². The van der Waals surface area contributed by atoms with Gasteiger partial charge in [0.15, 0.2) is 0 Å². The molecule has 3 heteroatoms. The quantitative estimate of drug-likeness (QED) is 0.640. The summed E-state index contributed by atoms with van der Waals surface area (Å²) in [4.78, 5) is 14.6. The zero-order valence-electron chi connectivity index (χ0n) is 17.5. The number of phenols is 1. The molecule has 3 aliphatic rings. The standard InChI is InChI=1S/C25H37NO2/c1-18(7-8-19-5-3-2-4-6-19)21-11-9-20(10-12-21)16-26-17-22-13-14-23(27)15-24(22)25(26)28/h13-15,18-21,27H,2-12,16-17H2,1H3. The molecule has 1 unspecified atom stereocenters. The molecular weight excluding hydrogens is 346 g/mol. The van der Waals surface area contributed by atoms with Crippen LogP contribution in [0.1, 0.15) is 93.5 Å². The Morgan fingerprint density at radius 3 is 2.54 bits per heavy atom. The third-order valence-electron chi connectivity index (χ3n) is 7.90. The van der Waals surface area contributed by atoms with E-state index in [1.165, 1.54) is 70.6 Å². The molecule has 4 rings (SSSR count). The minimum absolute atomic E-state index is 0.105. The minimum Gasteiger partial charge on any atom is -0.508 e. The molecule has 154 valence electrons. The van der Waals surface area contributed by atoms with E-state index in [1.54, 1.807) is 12.1 Å². The number of rotatable bonds is 6. The van der Waals surface area contributed by atoms with Crippen molar-refractivity contribution < 1.29 is 9.90 Å². The van der Waals surface area contributed by atoms with Crippen molar-refractivity contribution in [3.05, 3.63) is 29.3 Å². The van der Waals surface area contributed by atoms with Gasteiger partial charge in [0.1, 0.15) is 5.75 Å². The van der Waals surface area contributed by atoms with Gasteiger partial charge in [0, 0.05) is 18.7 Å². The lowest BCUT2D eigenvalue weighted by Crippen LogP contribution is -2.32. The maximum absolute atomic E-state index is 12.6. The molecule has 0 bridgehead atoms. The number of nitrogens with zero attached hydrogens (tertiary/aromatic N) is 1. The van der Waals surface area contributed by atoms with Crippen LogP contribution >= 0.6 is 0 Å². The molecule has 0 saturated heterocycles. The number of phenolic OH excluding ortho intramolecular Hbond substituents is 1. The Morgan fingerprint density at radius 1 is 1.04 bits per heavy atom. The molecule has 2 fully saturated rings. The minimum atomic E-state index is 0.105. The van der Waals surface area contributed by atoms with E-state index in [1.807, 2.05) is 11.0 Å². The summed E-state index contributed by atoms with van der Waals surface area (Å²) in [6.45, 7) is 4.09. The zero-order chi connectivity index (χ0) is 19.5. The van der Waals surface area contributed by atoms with Gasteiger partial charge in [-0.25, -0.2) is 0 Å². The van der Waals surface area contributed by atoms with Crippen LogP contribution in [0.25, 0.3) is 0 Å². The number of carbonyl (C=O) groups is 1. The first-order valence-corrected chi connectivity index (χ1v) is 11.7. The van der Waals surface area contributed by atoms with Crippen molar-refractivity contribution in [3.8, 4) is 5.75 Å². The van der Waals surface area contributed by atoms with E-state index in [0.717, 1.165) is 29.9 Å². The average Bonchev–Trinajstić information content (AvgIpc) is 3.02. The third-order valence-corrected chi connectivity index (χ3v) is 7.90. The molecular formula is C25H37NO2. The van der Waals surface area contributed by atoms with E-state index in [9.17, 15) is 9.90 Å². The van der Waals surface area contributed by atoms with Gasteiger partial charge in [0.25, 0.3) is 5.91 Å². The van der Waals surface area contributed by atoms with Gasteiger partial charge < -0.3 is 10.0 Å². The molecule has 1 aliphatic heterocycles. The molecule has 3 nitrogen and oxygen atoms in total. The van der Waals surface area contributed by atoms with Crippen LogP contribution in [0.2, 0.25) is 0 Å². The topological polar surface area (TPSA) is 40.5 Å². The van der Waals surface area contributed by atoms with Crippen molar-refractivity contribution >= 4 is 5.91 Å². The van der Waals surface area contributed by atoms with Crippen LogP contribution in [0.4, 0.5) is 0 Å². The molecule has 2 saturated carbocycles. The van der Waals surface area contributed by atoms with Gasteiger partial charge in [-0.05, 0) is 67.1 Å². The van der Waals surface area contributed by atoms with E-state index in [0.29, 0.717) is 18.0 Å². The van der Waals surface area contributed by atoms with Crippen molar-refractivity contribution in [2.24, 2.45) is 23.7 Å². The van der Waals surface area contributed by atoms with Crippen LogP contribution in [0.5, 0.6) is 5.75 Å². The first-order chi connectivity index (χ1) is 13.6. The summed E-state index contributed by atoms with van der Waals surface area (Å²) in [5.74, 6) is 3.71. The molecule has 1 amide bonds. The number of amides is 1. The number of benzene rings is 1. The average molecular weight is 384 g/mol. The number of carbonyl (C=O) groups excluding carboxylic acids is 1. The smallest absolute Gasteiger partial charge is 0.254 e. The first-order valence-electron chi connectivity index (χ1n) is 11.7. The van der Waals surface area contributed by atoms with Crippen molar-refractivity contribution in [1.29, 1.82) is 0 Å². The second kappa shape index (κ2) is 8.88. The molecule has 1 aromatic rings. The molecule has 0 radical (unpaired) electrons. The molecule has 0 aromatic heterocycles. The van der Waals surface area contributed by atoms with Gasteiger partial charge in [0.05, 0.1) is 0 Å². The molecule has 1 atom stereocenters. The van der Waals surface area contributed by atoms with Crippen molar-refractivity contribution in [2.75, 3.05) is 6.54 Å². The summed E-state index contributed by atoms with van der Waals surface area (Å²) in [6, 6.07) is 5.21. The second-order valence-electron chi connectivity index (χ2n) is 9.87. The summed E-state index contributed by atoms with van der Waals surface area (Å²) in [5, 5.41) is 9.66. The Bertz CT molecular complexity index is 671. The molecule has 1 N–H and O–H groups in total. The second-order valence-corrected chi connectivity index (χ2v) is 9.87. The van der Waals surface area contributed by atoms with Crippen LogP contribution in [0.3, 0.4) is 0 Å². The van der Waals surface area contributed by atoms with Crippen LogP contribution in [0, 0.1) is 23.7 Å². The fraction of sp³-hybridized carbons (Fsp3) is 0.720. The predicted molar refractivity (Wildman–Crippen MR) is 113 cm³/mol. The Hall–Kier alpha value is -1.51. The number of fused-ring (bicyclic) bond motifs is 1. The number of hydrogen-bond acceptors (Lipinski definition) is 2. The van der Waals surface area contributed by atoms with Gasteiger partial charge in [-0.15, -0.1) is 0 Å². The SMILES string of the molecule is CC(CCC1CCCCC1)C1CCC(CN2Cc3ccc(O)cc3C2=O)CC1. The summed E-state index contributed by atoms with van der Waals surface area (Å²) >= 11 is 0. The van der Waals surface area contributed by atoms with E-state index >= 15 is 0 Å². The van der Waals surface area contributed by atoms with Gasteiger partial charge in [-0.2, -0.15) is 0 Å². The fourth-order valence-electron chi connectivity index (χ4n) is 5.96. The Morgan fingerprint density at radius 2 is 1.79 bits per heavy atom. The largest absolute Gasteiger partial charge is 0.508 e. The molecule has 0 spiro atoms. The van der Waals surface area contributed by atoms with Crippen molar-refractivity contribution in [1.82, 2.24) is 4.90 Å². The molecule has 28 heavy (non-hydrogen) atoms. The van der Waals surface area contributed by atoms with Gasteiger partial charge >= 0.3 is 0 Å². The van der Waals surface area contributed by atoms with Crippen LogP contribution in [-0.4, -0.2) is 22.5 Å². The Kier molecular flexibility index (Phi) is 6.28. The number of aromatic hydroxyl groups is 1. The van der Waals surface area contributed by atoms with Gasteiger partial charge in [-0.1, -0.05) is 57.9 Å². The lowest BCUT2D eigenvalue weighted by molar-refractivity contribution is 0.0720. The highest BCUT2D eigenvalue weighted by molar-refractivity contribution is 5.98. The summed E-state index contributed by atoms with van der Waals surface area (Å²) in [5.41, 5.74) is 1.76. The van der Waals surface area contributed by atoms with Crippen LogP contribution in [0.15, 0.2) is 18.2 Å². The highest BCUT2D eigenvalue weighted by atomic mass is 16.3. The Labute approximate surface area is 170 Å². The van der Waals surface area contributed by atoms with Gasteiger partial charge in [-0.3, -0.25) is 4.79 Å². The molecule has 1 heterocycles. The maximum atomic E-state index is 12.6. The highest BCUT2D eigenvalue weighted by Gasteiger charge is 2.32. The summed E-state index contributed by atoms with van der Waals surface area (Å²) in [6.07, 6.45) is 15.4. The van der Waals surface area contributed by atoms with Crippen LogP contribution in [-0.2, 0) is 6.54 Å². The van der Waals surface area contributed by atoms with E-state index in [-0.39, 0.29) is 11.7 Å². The summed E-state index contributed by atoms with van der Waals surface area (Å²) in [7, 11) is 0. The zero-order valence-corrected chi connectivity index (χ0v) is 17.5. The lowest BCUT2D eigenvalue weighted by atomic mass is 9.73. The molecule has 1 aromatic carbocycles. The van der Waals surface area contributed by atoms with E-state index in [2.05, 4.69) is 6.92 Å². The summed E-state index contributed by atoms with van der Waals surface area (Å²) < 4.78 is 0. The van der Waals surface area contributed by atoms with E-state index in [4.69, 9.17) is 0 Å². The Balaban J connectivity index is 1.21. The third kappa shape index (κ3) is 4.55. The fourth-order valence-corrected chi connectivity index (χ4v) is 5.96. The van der Waals surface area contributed by atoms with E-state index < -0.39 is 0 Å². The highest BCUT2D eigenvalue weighted by Crippen LogP contribution is 2.38. The number of hydrogen-bond donors (Lipinski definition) is 1.